The Kier molecular flexibility index (Phi) is 3.17. The molecule has 0 aliphatic heterocycles. The molecule has 1 rings (SSSR count). The summed E-state index contributed by atoms with van der Waals surface area (Å²) in [5, 5.41) is 3.27. The monoisotopic (exact) mass is 153 g/mol. The molecule has 0 spiro atoms. The van der Waals surface area contributed by atoms with Crippen LogP contribution in [-0.2, 0) is 6.54 Å². The summed E-state index contributed by atoms with van der Waals surface area (Å²) in [4.78, 5) is 0. The van der Waals surface area contributed by atoms with E-state index in [1.807, 2.05) is 19.1 Å². The van der Waals surface area contributed by atoms with Crippen LogP contribution in [0.2, 0.25) is 0 Å². The van der Waals surface area contributed by atoms with E-state index >= 15 is 0 Å². The second-order valence-electron chi connectivity index (χ2n) is 2.69. The molecule has 62 valence electrons. The lowest BCUT2D eigenvalue weighted by Gasteiger charge is -1.97. The maximum atomic E-state index is 5.37. The van der Waals surface area contributed by atoms with Crippen LogP contribution >= 0.6 is 0 Å². The van der Waals surface area contributed by atoms with Crippen molar-refractivity contribution in [3.8, 4) is 0 Å². The molecular weight excluding hydrogens is 138 g/mol. The van der Waals surface area contributed by atoms with E-state index in [9.17, 15) is 0 Å². The Balaban J connectivity index is 2.27. The number of furan rings is 1. The van der Waals surface area contributed by atoms with Gasteiger partial charge in [-0.1, -0.05) is 6.92 Å². The van der Waals surface area contributed by atoms with Crippen LogP contribution in [0.4, 0.5) is 0 Å². The van der Waals surface area contributed by atoms with Crippen molar-refractivity contribution < 1.29 is 4.42 Å². The molecule has 0 aromatic carbocycles. The predicted molar refractivity (Wildman–Crippen MR) is 45.4 cm³/mol. The first kappa shape index (κ1) is 8.34. The highest BCUT2D eigenvalue weighted by atomic mass is 16.3. The fourth-order valence-corrected chi connectivity index (χ4v) is 0.968. The van der Waals surface area contributed by atoms with E-state index in [4.69, 9.17) is 4.42 Å². The average molecular weight is 153 g/mol. The van der Waals surface area contributed by atoms with Crippen LogP contribution in [-0.4, -0.2) is 6.54 Å². The third-order valence-corrected chi connectivity index (χ3v) is 1.52. The minimum atomic E-state index is 0.849. The summed E-state index contributed by atoms with van der Waals surface area (Å²) in [7, 11) is 0. The molecule has 2 heteroatoms. The van der Waals surface area contributed by atoms with Gasteiger partial charge in [0.25, 0.3) is 0 Å². The molecule has 0 radical (unpaired) electrons. The quantitative estimate of drug-likeness (QED) is 0.670. The molecule has 0 saturated heterocycles. The molecule has 0 atom stereocenters. The van der Waals surface area contributed by atoms with E-state index in [0.29, 0.717) is 0 Å². The Morgan fingerprint density at radius 3 is 2.82 bits per heavy atom. The number of nitrogens with one attached hydrogen (secondary N) is 1. The third-order valence-electron chi connectivity index (χ3n) is 1.52. The zero-order valence-corrected chi connectivity index (χ0v) is 7.18. The molecule has 0 bridgehead atoms. The molecule has 1 aromatic rings. The smallest absolute Gasteiger partial charge is 0.117 e. The Bertz CT molecular complexity index is 205. The lowest BCUT2D eigenvalue weighted by atomic mass is 10.4. The number of hydrogen-bond acceptors (Lipinski definition) is 2. The molecule has 0 amide bonds. The van der Waals surface area contributed by atoms with Crippen LogP contribution in [0.1, 0.15) is 24.9 Å². The molecule has 1 heterocycles. The van der Waals surface area contributed by atoms with Gasteiger partial charge >= 0.3 is 0 Å². The Morgan fingerprint density at radius 1 is 1.45 bits per heavy atom. The fraction of sp³-hybridized carbons (Fsp3) is 0.556. The minimum absolute atomic E-state index is 0.849. The van der Waals surface area contributed by atoms with Crippen molar-refractivity contribution in [3.63, 3.8) is 0 Å². The van der Waals surface area contributed by atoms with Gasteiger partial charge in [-0.15, -0.1) is 0 Å². The van der Waals surface area contributed by atoms with Crippen LogP contribution in [0, 0.1) is 6.92 Å². The van der Waals surface area contributed by atoms with Crippen LogP contribution < -0.4 is 5.32 Å². The molecule has 0 aliphatic carbocycles. The molecule has 2 nitrogen and oxygen atoms in total. The van der Waals surface area contributed by atoms with Crippen LogP contribution in [0.5, 0.6) is 0 Å². The molecule has 11 heavy (non-hydrogen) atoms. The first-order valence-corrected chi connectivity index (χ1v) is 4.09. The van der Waals surface area contributed by atoms with Gasteiger partial charge in [-0.3, -0.25) is 0 Å². The van der Waals surface area contributed by atoms with Crippen LogP contribution in [0.15, 0.2) is 16.5 Å². The highest BCUT2D eigenvalue weighted by Crippen LogP contribution is 2.04. The first-order valence-electron chi connectivity index (χ1n) is 4.09. The maximum Gasteiger partial charge on any atom is 0.117 e. The zero-order chi connectivity index (χ0) is 8.10. The van der Waals surface area contributed by atoms with Crippen molar-refractivity contribution in [3.05, 3.63) is 23.7 Å². The zero-order valence-electron chi connectivity index (χ0n) is 7.18. The Labute approximate surface area is 67.6 Å². The van der Waals surface area contributed by atoms with Crippen molar-refractivity contribution >= 4 is 0 Å². The number of rotatable bonds is 4. The number of hydrogen-bond donors (Lipinski definition) is 1. The van der Waals surface area contributed by atoms with Gasteiger partial charge in [0.05, 0.1) is 6.54 Å². The largest absolute Gasteiger partial charge is 0.465 e. The van der Waals surface area contributed by atoms with Crippen LogP contribution in [0.3, 0.4) is 0 Å². The van der Waals surface area contributed by atoms with Gasteiger partial charge in [-0.25, -0.2) is 0 Å². The van der Waals surface area contributed by atoms with Gasteiger partial charge in [0.15, 0.2) is 0 Å². The fourth-order valence-electron chi connectivity index (χ4n) is 0.968. The Morgan fingerprint density at radius 2 is 2.27 bits per heavy atom. The summed E-state index contributed by atoms with van der Waals surface area (Å²) in [5.74, 6) is 2.01. The van der Waals surface area contributed by atoms with E-state index in [2.05, 4.69) is 12.2 Å². The molecule has 0 aliphatic rings. The van der Waals surface area contributed by atoms with Gasteiger partial charge in [-0.2, -0.15) is 0 Å². The van der Waals surface area contributed by atoms with Gasteiger partial charge < -0.3 is 9.73 Å². The van der Waals surface area contributed by atoms with E-state index in [-0.39, 0.29) is 0 Å². The molecular formula is C9H15NO. The predicted octanol–water partition coefficient (Wildman–Crippen LogP) is 2.09. The van der Waals surface area contributed by atoms with E-state index in [1.165, 1.54) is 6.42 Å². The van der Waals surface area contributed by atoms with Crippen molar-refractivity contribution in [2.45, 2.75) is 26.8 Å². The first-order chi connectivity index (χ1) is 5.33. The highest BCUT2D eigenvalue weighted by Gasteiger charge is 1.95. The molecule has 0 fully saturated rings. The van der Waals surface area contributed by atoms with Crippen molar-refractivity contribution in [2.24, 2.45) is 0 Å². The molecule has 0 saturated carbocycles. The SMILES string of the molecule is CCCNCc1ccc(C)o1. The summed E-state index contributed by atoms with van der Waals surface area (Å²) in [6.45, 7) is 6.02. The third kappa shape index (κ3) is 2.76. The summed E-state index contributed by atoms with van der Waals surface area (Å²) in [6, 6.07) is 4.00. The lowest BCUT2D eigenvalue weighted by Crippen LogP contribution is -2.12. The topological polar surface area (TPSA) is 25.2 Å². The second-order valence-corrected chi connectivity index (χ2v) is 2.69. The maximum absolute atomic E-state index is 5.37. The number of aryl methyl sites for hydroxylation is 1. The van der Waals surface area contributed by atoms with E-state index in [1.54, 1.807) is 0 Å². The summed E-state index contributed by atoms with van der Waals surface area (Å²) in [6.07, 6.45) is 1.17. The van der Waals surface area contributed by atoms with E-state index in [0.717, 1.165) is 24.6 Å². The van der Waals surface area contributed by atoms with Crippen LogP contribution in [0.25, 0.3) is 0 Å². The van der Waals surface area contributed by atoms with Crippen molar-refractivity contribution in [2.75, 3.05) is 6.54 Å². The van der Waals surface area contributed by atoms with E-state index < -0.39 is 0 Å². The van der Waals surface area contributed by atoms with Crippen molar-refractivity contribution in [1.29, 1.82) is 0 Å². The van der Waals surface area contributed by atoms with Gasteiger partial charge in [-0.05, 0) is 32.0 Å². The second kappa shape index (κ2) is 4.19. The molecule has 1 aromatic heterocycles. The summed E-state index contributed by atoms with van der Waals surface area (Å²) in [5.41, 5.74) is 0. The van der Waals surface area contributed by atoms with Gasteiger partial charge in [0.1, 0.15) is 11.5 Å². The van der Waals surface area contributed by atoms with Gasteiger partial charge in [0, 0.05) is 0 Å². The normalized spacial score (nSPS) is 10.4. The highest BCUT2D eigenvalue weighted by molar-refractivity contribution is 5.04. The van der Waals surface area contributed by atoms with Gasteiger partial charge in [0.2, 0.25) is 0 Å². The average Bonchev–Trinajstić information content (AvgIpc) is 2.37. The van der Waals surface area contributed by atoms with Crippen molar-refractivity contribution in [1.82, 2.24) is 5.32 Å². The summed E-state index contributed by atoms with van der Waals surface area (Å²) < 4.78 is 5.37. The Hall–Kier alpha value is -0.760. The summed E-state index contributed by atoms with van der Waals surface area (Å²) >= 11 is 0. The standard InChI is InChI=1S/C9H15NO/c1-3-6-10-7-9-5-4-8(2)11-9/h4-5,10H,3,6-7H2,1-2H3. The molecule has 1 N–H and O–H groups in total. The molecule has 0 unspecified atom stereocenters. The lowest BCUT2D eigenvalue weighted by molar-refractivity contribution is 0.462. The minimum Gasteiger partial charge on any atom is -0.465 e.